The number of nitrogens with zero attached hydrogens (tertiary/aromatic N) is 2. The highest BCUT2D eigenvalue weighted by Crippen LogP contribution is 2.30. The van der Waals surface area contributed by atoms with Crippen LogP contribution in [0.15, 0.2) is 12.1 Å². The van der Waals surface area contributed by atoms with Gasteiger partial charge in [0.05, 0.1) is 16.3 Å². The predicted molar refractivity (Wildman–Crippen MR) is 76.8 cm³/mol. The summed E-state index contributed by atoms with van der Waals surface area (Å²) in [5.74, 6) is 5.93. The van der Waals surface area contributed by atoms with Crippen molar-refractivity contribution in [3.05, 3.63) is 22.8 Å². The molecule has 1 aliphatic rings. The Morgan fingerprint density at radius 1 is 1.47 bits per heavy atom. The topological polar surface area (TPSA) is 74.4 Å². The molecule has 0 amide bonds. The molecule has 1 aliphatic carbocycles. The van der Waals surface area contributed by atoms with E-state index in [0.29, 0.717) is 23.9 Å². The number of aromatic nitrogens is 1. The fourth-order valence-electron chi connectivity index (χ4n) is 2.68. The average Bonchev–Trinajstić information content (AvgIpc) is 2.78. The highest BCUT2D eigenvalue weighted by molar-refractivity contribution is 6.31. The number of nitrogen functional groups attached to an aromatic ring is 1. The van der Waals surface area contributed by atoms with E-state index < -0.39 is 5.60 Å². The molecule has 0 radical (unpaired) electrons. The van der Waals surface area contributed by atoms with Crippen LogP contribution in [0.4, 0.5) is 5.82 Å². The fraction of sp³-hybridized carbons (Fsp3) is 0.615. The van der Waals surface area contributed by atoms with Crippen molar-refractivity contribution in [2.75, 3.05) is 19.0 Å². The normalized spacial score (nSPS) is 17.9. The summed E-state index contributed by atoms with van der Waals surface area (Å²) < 4.78 is 0. The van der Waals surface area contributed by atoms with Crippen LogP contribution in [0.1, 0.15) is 31.4 Å². The van der Waals surface area contributed by atoms with Crippen LogP contribution in [0.25, 0.3) is 0 Å². The van der Waals surface area contributed by atoms with Crippen molar-refractivity contribution in [2.45, 2.75) is 37.8 Å². The third-order valence-electron chi connectivity index (χ3n) is 3.58. The maximum absolute atomic E-state index is 10.4. The lowest BCUT2D eigenvalue weighted by Gasteiger charge is -2.28. The quantitative estimate of drug-likeness (QED) is 0.567. The summed E-state index contributed by atoms with van der Waals surface area (Å²) in [5, 5.41) is 11.0. The number of nitrogens with two attached hydrogens (primary N) is 1. The second-order valence-corrected chi connectivity index (χ2v) is 5.78. The number of rotatable bonds is 5. The van der Waals surface area contributed by atoms with Crippen molar-refractivity contribution in [3.8, 4) is 0 Å². The molecule has 0 atom stereocenters. The highest BCUT2D eigenvalue weighted by atomic mass is 35.5. The first kappa shape index (κ1) is 14.5. The molecule has 6 heteroatoms. The number of hydrazine groups is 1. The molecular formula is C13H21ClN4O. The number of likely N-dealkylation sites (N-methyl/N-ethyl adjacent to an activating group) is 1. The Hall–Kier alpha value is -0.880. The van der Waals surface area contributed by atoms with Gasteiger partial charge in [-0.2, -0.15) is 0 Å². The van der Waals surface area contributed by atoms with Gasteiger partial charge in [0.25, 0.3) is 0 Å². The SMILES string of the molecule is CN(Cc1nc(NN)ccc1Cl)CC1(O)CCCC1. The fourth-order valence-corrected chi connectivity index (χ4v) is 2.85. The Morgan fingerprint density at radius 3 is 2.79 bits per heavy atom. The van der Waals surface area contributed by atoms with Gasteiger partial charge in [-0.1, -0.05) is 24.4 Å². The number of aliphatic hydroxyl groups is 1. The second kappa shape index (κ2) is 6.05. The van der Waals surface area contributed by atoms with Crippen LogP contribution < -0.4 is 11.3 Å². The molecule has 19 heavy (non-hydrogen) atoms. The summed E-state index contributed by atoms with van der Waals surface area (Å²) in [7, 11) is 1.97. The lowest BCUT2D eigenvalue weighted by Crippen LogP contribution is -2.39. The molecule has 4 N–H and O–H groups in total. The van der Waals surface area contributed by atoms with Crippen LogP contribution in [-0.4, -0.2) is 34.2 Å². The second-order valence-electron chi connectivity index (χ2n) is 5.37. The molecule has 1 aromatic rings. The van der Waals surface area contributed by atoms with E-state index in [0.717, 1.165) is 31.4 Å². The van der Waals surface area contributed by atoms with Crippen molar-refractivity contribution in [1.82, 2.24) is 9.88 Å². The zero-order valence-corrected chi connectivity index (χ0v) is 12.0. The minimum Gasteiger partial charge on any atom is -0.389 e. The standard InChI is InChI=1S/C13H21ClN4O/c1-18(9-13(19)6-2-3-7-13)8-11-10(14)4-5-12(16-11)17-15/h4-5,19H,2-3,6-9,15H2,1H3,(H,16,17). The molecule has 0 spiro atoms. The van der Waals surface area contributed by atoms with Gasteiger partial charge in [-0.25, -0.2) is 10.8 Å². The number of hydrogen-bond donors (Lipinski definition) is 3. The van der Waals surface area contributed by atoms with E-state index >= 15 is 0 Å². The maximum atomic E-state index is 10.4. The summed E-state index contributed by atoms with van der Waals surface area (Å²) in [4.78, 5) is 6.39. The molecule has 0 saturated heterocycles. The van der Waals surface area contributed by atoms with E-state index in [2.05, 4.69) is 15.3 Å². The van der Waals surface area contributed by atoms with Crippen molar-refractivity contribution in [2.24, 2.45) is 5.84 Å². The molecule has 106 valence electrons. The third-order valence-corrected chi connectivity index (χ3v) is 3.93. The third kappa shape index (κ3) is 3.79. The zero-order valence-electron chi connectivity index (χ0n) is 11.2. The molecular weight excluding hydrogens is 264 g/mol. The molecule has 2 rings (SSSR count). The number of pyridine rings is 1. The van der Waals surface area contributed by atoms with Crippen LogP contribution in [0.2, 0.25) is 5.02 Å². The predicted octanol–water partition coefficient (Wildman–Crippen LogP) is 1.76. The van der Waals surface area contributed by atoms with Crippen LogP contribution >= 0.6 is 11.6 Å². The van der Waals surface area contributed by atoms with E-state index in [1.54, 1.807) is 12.1 Å². The molecule has 0 aromatic carbocycles. The summed E-state index contributed by atoms with van der Waals surface area (Å²) >= 11 is 6.13. The largest absolute Gasteiger partial charge is 0.389 e. The number of halogens is 1. The lowest BCUT2D eigenvalue weighted by molar-refractivity contribution is 0.0143. The van der Waals surface area contributed by atoms with Crippen molar-refractivity contribution >= 4 is 17.4 Å². The van der Waals surface area contributed by atoms with Crippen LogP contribution in [-0.2, 0) is 6.54 Å². The van der Waals surface area contributed by atoms with E-state index in [-0.39, 0.29) is 0 Å². The van der Waals surface area contributed by atoms with E-state index in [4.69, 9.17) is 17.4 Å². The zero-order chi connectivity index (χ0) is 13.9. The molecule has 5 nitrogen and oxygen atoms in total. The first-order valence-corrected chi connectivity index (χ1v) is 6.93. The van der Waals surface area contributed by atoms with Crippen molar-refractivity contribution < 1.29 is 5.11 Å². The Balaban J connectivity index is 2.00. The molecule has 0 aliphatic heterocycles. The van der Waals surface area contributed by atoms with Crippen LogP contribution in [0, 0.1) is 0 Å². The van der Waals surface area contributed by atoms with Gasteiger partial charge >= 0.3 is 0 Å². The van der Waals surface area contributed by atoms with Gasteiger partial charge < -0.3 is 10.5 Å². The minimum absolute atomic E-state index is 0.551. The molecule has 1 aromatic heterocycles. The van der Waals surface area contributed by atoms with Gasteiger partial charge in [0.15, 0.2) is 0 Å². The number of nitrogens with one attached hydrogen (secondary N) is 1. The van der Waals surface area contributed by atoms with E-state index in [1.807, 2.05) is 7.05 Å². The van der Waals surface area contributed by atoms with Gasteiger partial charge in [-0.3, -0.25) is 4.90 Å². The van der Waals surface area contributed by atoms with Crippen molar-refractivity contribution in [3.63, 3.8) is 0 Å². The summed E-state index contributed by atoms with van der Waals surface area (Å²) in [5.41, 5.74) is 2.73. The highest BCUT2D eigenvalue weighted by Gasteiger charge is 2.32. The molecule has 1 saturated carbocycles. The molecule has 0 unspecified atom stereocenters. The minimum atomic E-state index is -0.551. The van der Waals surface area contributed by atoms with Crippen LogP contribution in [0.3, 0.4) is 0 Å². The van der Waals surface area contributed by atoms with Gasteiger partial charge in [-0.15, -0.1) is 0 Å². The molecule has 1 heterocycles. The lowest BCUT2D eigenvalue weighted by atomic mass is 10.0. The molecule has 0 bridgehead atoms. The first-order valence-electron chi connectivity index (χ1n) is 6.55. The Kier molecular flexibility index (Phi) is 4.62. The first-order chi connectivity index (χ1) is 9.02. The number of anilines is 1. The van der Waals surface area contributed by atoms with Crippen molar-refractivity contribution in [1.29, 1.82) is 0 Å². The van der Waals surface area contributed by atoms with Gasteiger partial charge in [0.1, 0.15) is 5.82 Å². The Labute approximate surface area is 118 Å². The van der Waals surface area contributed by atoms with Crippen LogP contribution in [0.5, 0.6) is 0 Å². The summed E-state index contributed by atoms with van der Waals surface area (Å²) in [6, 6.07) is 3.51. The van der Waals surface area contributed by atoms with E-state index in [1.165, 1.54) is 0 Å². The van der Waals surface area contributed by atoms with E-state index in [9.17, 15) is 5.11 Å². The smallest absolute Gasteiger partial charge is 0.140 e. The average molecular weight is 285 g/mol. The summed E-state index contributed by atoms with van der Waals surface area (Å²) in [6.07, 6.45) is 3.97. The Morgan fingerprint density at radius 2 is 2.16 bits per heavy atom. The van der Waals surface area contributed by atoms with Gasteiger partial charge in [0, 0.05) is 13.1 Å². The Bertz CT molecular complexity index is 435. The van der Waals surface area contributed by atoms with Gasteiger partial charge in [0.2, 0.25) is 0 Å². The molecule has 1 fully saturated rings. The monoisotopic (exact) mass is 284 g/mol. The number of hydrogen-bond acceptors (Lipinski definition) is 5. The maximum Gasteiger partial charge on any atom is 0.140 e. The van der Waals surface area contributed by atoms with Gasteiger partial charge in [-0.05, 0) is 32.0 Å². The summed E-state index contributed by atoms with van der Waals surface area (Å²) in [6.45, 7) is 1.24.